The summed E-state index contributed by atoms with van der Waals surface area (Å²) >= 11 is 11.8. The number of hydrogen-bond acceptors (Lipinski definition) is 2. The number of benzene rings is 2. The fourth-order valence-corrected chi connectivity index (χ4v) is 2.39. The van der Waals surface area contributed by atoms with E-state index in [-0.39, 0.29) is 11.6 Å². The van der Waals surface area contributed by atoms with Gasteiger partial charge in [0.1, 0.15) is 0 Å². The minimum absolute atomic E-state index is 0.289. The summed E-state index contributed by atoms with van der Waals surface area (Å²) in [4.78, 5) is 28.4. The highest BCUT2D eigenvalue weighted by Gasteiger charge is 2.03. The summed E-state index contributed by atoms with van der Waals surface area (Å²) in [6.45, 7) is 0. The van der Waals surface area contributed by atoms with Gasteiger partial charge in [0.05, 0.1) is 21.1 Å². The van der Waals surface area contributed by atoms with Crippen molar-refractivity contribution in [1.29, 1.82) is 0 Å². The highest BCUT2D eigenvalue weighted by Crippen LogP contribution is 2.23. The van der Waals surface area contributed by atoms with Crippen molar-refractivity contribution in [3.05, 3.63) is 68.6 Å². The van der Waals surface area contributed by atoms with Crippen LogP contribution in [0.2, 0.25) is 10.0 Å². The minimum Gasteiger partial charge on any atom is -0.322 e. The Bertz CT molecular complexity index is 973. The summed E-state index contributed by atoms with van der Waals surface area (Å²) in [6.07, 6.45) is 3.03. The Kier molecular flexibility index (Phi) is 4.23. The van der Waals surface area contributed by atoms with Gasteiger partial charge in [-0.05, 0) is 42.0 Å². The summed E-state index contributed by atoms with van der Waals surface area (Å²) in [5.74, 6) is -0.298. The van der Waals surface area contributed by atoms with E-state index < -0.39 is 0 Å². The highest BCUT2D eigenvalue weighted by molar-refractivity contribution is 6.42. The van der Waals surface area contributed by atoms with Gasteiger partial charge < -0.3 is 15.3 Å². The molecular formula is C16H11Cl2N3O2. The molecule has 0 bridgehead atoms. The smallest absolute Gasteiger partial charge is 0.322 e. The average Bonchev–Trinajstić information content (AvgIpc) is 2.88. The molecule has 0 radical (unpaired) electrons. The number of H-pyrrole nitrogens is 2. The van der Waals surface area contributed by atoms with Gasteiger partial charge in [-0.3, -0.25) is 4.79 Å². The lowest BCUT2D eigenvalue weighted by atomic mass is 10.2. The summed E-state index contributed by atoms with van der Waals surface area (Å²) < 4.78 is 0. The fraction of sp³-hybridized carbons (Fsp3) is 0. The van der Waals surface area contributed by atoms with Crippen molar-refractivity contribution in [3.8, 4) is 0 Å². The van der Waals surface area contributed by atoms with Crippen LogP contribution in [0.4, 0.5) is 5.69 Å². The van der Waals surface area contributed by atoms with Crippen LogP contribution in [0, 0.1) is 0 Å². The first-order valence-electron chi connectivity index (χ1n) is 6.67. The van der Waals surface area contributed by atoms with Crippen LogP contribution in [-0.4, -0.2) is 15.9 Å². The van der Waals surface area contributed by atoms with Gasteiger partial charge >= 0.3 is 5.69 Å². The SMILES string of the molecule is O=C(/C=C/c1ccc(Cl)c(Cl)c1)Nc1ccc2[nH]c(=O)[nH]c2c1. The molecule has 0 unspecified atom stereocenters. The zero-order valence-electron chi connectivity index (χ0n) is 11.7. The number of halogens is 2. The number of aromatic nitrogens is 2. The average molecular weight is 348 g/mol. The lowest BCUT2D eigenvalue weighted by Gasteiger charge is -2.02. The van der Waals surface area contributed by atoms with E-state index >= 15 is 0 Å². The normalized spacial score (nSPS) is 11.2. The Morgan fingerprint density at radius 2 is 1.78 bits per heavy atom. The molecule has 1 heterocycles. The molecule has 1 amide bonds. The van der Waals surface area contributed by atoms with Gasteiger partial charge in [-0.1, -0.05) is 29.3 Å². The maximum atomic E-state index is 11.9. The van der Waals surface area contributed by atoms with Gasteiger partial charge in [0.15, 0.2) is 0 Å². The van der Waals surface area contributed by atoms with Crippen LogP contribution >= 0.6 is 23.2 Å². The Labute approximate surface area is 140 Å². The molecular weight excluding hydrogens is 337 g/mol. The Morgan fingerprint density at radius 1 is 1.00 bits per heavy atom. The first-order valence-corrected chi connectivity index (χ1v) is 7.43. The number of aromatic amines is 2. The van der Waals surface area contributed by atoms with Crippen LogP contribution in [-0.2, 0) is 4.79 Å². The molecule has 0 aliphatic rings. The molecule has 23 heavy (non-hydrogen) atoms. The number of carbonyl (C=O) groups excluding carboxylic acids is 1. The number of fused-ring (bicyclic) bond motifs is 1. The largest absolute Gasteiger partial charge is 0.323 e. The summed E-state index contributed by atoms with van der Waals surface area (Å²) in [6, 6.07) is 10.2. The van der Waals surface area contributed by atoms with Gasteiger partial charge in [-0.15, -0.1) is 0 Å². The molecule has 1 aromatic heterocycles. The van der Waals surface area contributed by atoms with Crippen LogP contribution in [0.25, 0.3) is 17.1 Å². The predicted octanol–water partition coefficient (Wildman–Crippen LogP) is 3.81. The maximum absolute atomic E-state index is 11.9. The van der Waals surface area contributed by atoms with Crippen LogP contribution in [0.5, 0.6) is 0 Å². The number of amides is 1. The Morgan fingerprint density at radius 3 is 2.57 bits per heavy atom. The van der Waals surface area contributed by atoms with E-state index in [1.807, 2.05) is 0 Å². The van der Waals surface area contributed by atoms with Gasteiger partial charge in [0.2, 0.25) is 5.91 Å². The molecule has 0 aliphatic heterocycles. The molecule has 0 atom stereocenters. The van der Waals surface area contributed by atoms with Crippen molar-refractivity contribution in [1.82, 2.24) is 9.97 Å². The number of imidazole rings is 1. The number of hydrogen-bond donors (Lipinski definition) is 3. The third-order valence-electron chi connectivity index (χ3n) is 3.15. The van der Waals surface area contributed by atoms with Gasteiger partial charge in [-0.2, -0.15) is 0 Å². The fourth-order valence-electron chi connectivity index (χ4n) is 2.08. The van der Waals surface area contributed by atoms with Crippen molar-refractivity contribution in [2.24, 2.45) is 0 Å². The standard InChI is InChI=1S/C16H11Cl2N3O2/c17-11-4-1-9(7-12(11)18)2-6-15(22)19-10-3-5-13-14(8-10)21-16(23)20-13/h1-8H,(H,19,22)(H2,20,21,23)/b6-2+. The zero-order valence-corrected chi connectivity index (χ0v) is 13.2. The van der Waals surface area contributed by atoms with Crippen LogP contribution in [0.15, 0.2) is 47.3 Å². The van der Waals surface area contributed by atoms with Crippen LogP contribution < -0.4 is 11.0 Å². The Balaban J connectivity index is 1.73. The van der Waals surface area contributed by atoms with Crippen molar-refractivity contribution in [2.45, 2.75) is 0 Å². The van der Waals surface area contributed by atoms with Gasteiger partial charge in [0.25, 0.3) is 0 Å². The van der Waals surface area contributed by atoms with E-state index in [4.69, 9.17) is 23.2 Å². The number of carbonyl (C=O) groups is 1. The van der Waals surface area contributed by atoms with E-state index in [0.717, 1.165) is 5.56 Å². The van der Waals surface area contributed by atoms with E-state index in [1.165, 1.54) is 6.08 Å². The van der Waals surface area contributed by atoms with Crippen molar-refractivity contribution in [2.75, 3.05) is 5.32 Å². The first kappa shape index (κ1) is 15.4. The van der Waals surface area contributed by atoms with E-state index in [9.17, 15) is 9.59 Å². The van der Waals surface area contributed by atoms with Crippen molar-refractivity contribution >= 4 is 51.9 Å². The third kappa shape index (κ3) is 3.64. The maximum Gasteiger partial charge on any atom is 0.323 e. The molecule has 0 aliphatic carbocycles. The van der Waals surface area contributed by atoms with E-state index in [1.54, 1.807) is 42.5 Å². The predicted molar refractivity (Wildman–Crippen MR) is 93.0 cm³/mol. The molecule has 3 aromatic rings. The molecule has 7 heteroatoms. The quantitative estimate of drug-likeness (QED) is 0.630. The molecule has 3 rings (SSSR count). The number of nitrogens with one attached hydrogen (secondary N) is 3. The van der Waals surface area contributed by atoms with E-state index in [0.29, 0.717) is 26.8 Å². The molecule has 0 fully saturated rings. The number of rotatable bonds is 3. The number of anilines is 1. The van der Waals surface area contributed by atoms with E-state index in [2.05, 4.69) is 15.3 Å². The monoisotopic (exact) mass is 347 g/mol. The summed E-state index contributed by atoms with van der Waals surface area (Å²) in [5.41, 5.74) is 2.36. The van der Waals surface area contributed by atoms with Crippen LogP contribution in [0.1, 0.15) is 5.56 Å². The lowest BCUT2D eigenvalue weighted by Crippen LogP contribution is -2.07. The Hall–Kier alpha value is -2.50. The van der Waals surface area contributed by atoms with Crippen molar-refractivity contribution in [3.63, 3.8) is 0 Å². The second-order valence-electron chi connectivity index (χ2n) is 4.84. The van der Waals surface area contributed by atoms with Gasteiger partial charge in [-0.25, -0.2) is 4.79 Å². The second kappa shape index (κ2) is 6.32. The molecule has 3 N–H and O–H groups in total. The summed E-state index contributed by atoms with van der Waals surface area (Å²) in [5, 5.41) is 3.61. The lowest BCUT2D eigenvalue weighted by molar-refractivity contribution is -0.111. The molecule has 116 valence electrons. The molecule has 0 saturated carbocycles. The van der Waals surface area contributed by atoms with Gasteiger partial charge in [0, 0.05) is 11.8 Å². The van der Waals surface area contributed by atoms with Crippen LogP contribution in [0.3, 0.4) is 0 Å². The molecule has 2 aromatic carbocycles. The van der Waals surface area contributed by atoms with Crippen molar-refractivity contribution < 1.29 is 4.79 Å². The topological polar surface area (TPSA) is 77.8 Å². The molecule has 0 spiro atoms. The zero-order chi connectivity index (χ0) is 16.4. The second-order valence-corrected chi connectivity index (χ2v) is 5.65. The molecule has 5 nitrogen and oxygen atoms in total. The third-order valence-corrected chi connectivity index (χ3v) is 3.89. The highest BCUT2D eigenvalue weighted by atomic mass is 35.5. The molecule has 0 saturated heterocycles. The summed E-state index contributed by atoms with van der Waals surface area (Å²) in [7, 11) is 0. The first-order chi connectivity index (χ1) is 11.0. The minimum atomic E-state index is -0.298.